The van der Waals surface area contributed by atoms with Gasteiger partial charge in [-0.25, -0.2) is 4.79 Å². The summed E-state index contributed by atoms with van der Waals surface area (Å²) in [6.07, 6.45) is -2.76. The van der Waals surface area contributed by atoms with Crippen molar-refractivity contribution in [2.45, 2.75) is 24.6 Å². The Morgan fingerprint density at radius 2 is 2.06 bits per heavy atom. The Bertz CT molecular complexity index is 285. The van der Waals surface area contributed by atoms with Crippen LogP contribution in [-0.4, -0.2) is 31.0 Å². The molecule has 1 aliphatic carbocycles. The van der Waals surface area contributed by atoms with Crippen LogP contribution in [0.15, 0.2) is 12.2 Å². The van der Waals surface area contributed by atoms with Crippen LogP contribution in [0.1, 0.15) is 12.8 Å². The molecule has 0 radical (unpaired) electrons. The molecule has 0 saturated heterocycles. The highest BCUT2D eigenvalue weighted by molar-refractivity contribution is 5.68. The second-order valence-corrected chi connectivity index (χ2v) is 3.47. The number of rotatable bonds is 4. The van der Waals surface area contributed by atoms with Crippen LogP contribution in [0.5, 0.6) is 0 Å². The molecule has 0 atom stereocenters. The van der Waals surface area contributed by atoms with Gasteiger partial charge in [0.05, 0.1) is 0 Å². The minimum Gasteiger partial charge on any atom is -0.433 e. The number of hydrogen-bond acceptors (Lipinski definition) is 3. The van der Waals surface area contributed by atoms with Crippen LogP contribution in [0.4, 0.5) is 18.0 Å². The summed E-state index contributed by atoms with van der Waals surface area (Å²) in [5.41, 5.74) is 2.88. The second kappa shape index (κ2) is 4.73. The van der Waals surface area contributed by atoms with Gasteiger partial charge in [-0.1, -0.05) is 12.2 Å². The van der Waals surface area contributed by atoms with Crippen molar-refractivity contribution in [1.29, 1.82) is 0 Å². The Hall–Kier alpha value is -1.24. The molecule has 0 heterocycles. The van der Waals surface area contributed by atoms with Crippen LogP contribution >= 0.6 is 0 Å². The molecule has 4 nitrogen and oxygen atoms in total. The number of halogens is 3. The molecule has 16 heavy (non-hydrogen) atoms. The Morgan fingerprint density at radius 1 is 1.44 bits per heavy atom. The van der Waals surface area contributed by atoms with E-state index in [0.29, 0.717) is 6.54 Å². The molecule has 92 valence electrons. The van der Waals surface area contributed by atoms with E-state index in [2.05, 4.69) is 10.1 Å². The molecule has 7 heteroatoms. The Balaban J connectivity index is 2.32. The van der Waals surface area contributed by atoms with E-state index in [1.807, 2.05) is 0 Å². The highest BCUT2D eigenvalue weighted by Crippen LogP contribution is 2.52. The lowest BCUT2D eigenvalue weighted by Gasteiger charge is -2.19. The van der Waals surface area contributed by atoms with Crippen molar-refractivity contribution in [3.05, 3.63) is 12.2 Å². The molecule has 1 aliphatic rings. The predicted octanol–water partition coefficient (Wildman–Crippen LogP) is 1.32. The van der Waals surface area contributed by atoms with Crippen LogP contribution in [0.25, 0.3) is 0 Å². The topological polar surface area (TPSA) is 64.3 Å². The zero-order valence-corrected chi connectivity index (χ0v) is 8.51. The Labute approximate surface area is 90.6 Å². The first kappa shape index (κ1) is 12.8. The van der Waals surface area contributed by atoms with E-state index in [4.69, 9.17) is 5.73 Å². The van der Waals surface area contributed by atoms with Crippen molar-refractivity contribution in [3.63, 3.8) is 0 Å². The molecule has 3 N–H and O–H groups in total. The average Bonchev–Trinajstić information content (AvgIpc) is 2.92. The van der Waals surface area contributed by atoms with E-state index in [-0.39, 0.29) is 19.4 Å². The van der Waals surface area contributed by atoms with Crippen LogP contribution in [-0.2, 0) is 4.74 Å². The molecular weight excluding hydrogens is 225 g/mol. The maximum Gasteiger partial charge on any atom is 0.428 e. The van der Waals surface area contributed by atoms with E-state index in [9.17, 15) is 18.0 Å². The molecule has 1 saturated carbocycles. The summed E-state index contributed by atoms with van der Waals surface area (Å²) in [5, 5.41) is 2.18. The van der Waals surface area contributed by atoms with Gasteiger partial charge in [-0.05, 0) is 0 Å². The molecule has 0 aromatic rings. The first-order chi connectivity index (χ1) is 7.41. The van der Waals surface area contributed by atoms with E-state index in [0.717, 1.165) is 0 Å². The normalized spacial score (nSPS) is 18.5. The van der Waals surface area contributed by atoms with Gasteiger partial charge in [-0.3, -0.25) is 0 Å². The summed E-state index contributed by atoms with van der Waals surface area (Å²) in [7, 11) is 0. The highest BCUT2D eigenvalue weighted by Gasteiger charge is 2.67. The smallest absolute Gasteiger partial charge is 0.428 e. The number of alkyl carbamates (subject to hydrolysis) is 1. The van der Waals surface area contributed by atoms with Crippen molar-refractivity contribution in [2.24, 2.45) is 5.73 Å². The van der Waals surface area contributed by atoms with E-state index in [1.54, 1.807) is 6.08 Å². The van der Waals surface area contributed by atoms with E-state index >= 15 is 0 Å². The maximum atomic E-state index is 12.4. The standard InChI is InChI=1S/C9H13F3N2O2/c10-9(11,12)8(3-4-8)16-7(15)14-6-2-1-5-13/h1-2H,3-6,13H2,(H,14,15). The number of nitrogens with two attached hydrogens (primary N) is 1. The number of carbonyl (C=O) groups excluding carboxylic acids is 1. The largest absolute Gasteiger partial charge is 0.433 e. The van der Waals surface area contributed by atoms with Gasteiger partial charge in [0.1, 0.15) is 0 Å². The summed E-state index contributed by atoms with van der Waals surface area (Å²) in [5.74, 6) is 0. The van der Waals surface area contributed by atoms with Crippen molar-refractivity contribution >= 4 is 6.09 Å². The molecule has 1 amide bonds. The molecule has 0 aromatic heterocycles. The fourth-order valence-corrected chi connectivity index (χ4v) is 1.09. The molecular formula is C9H13F3N2O2. The molecule has 0 aliphatic heterocycles. The summed E-state index contributed by atoms with van der Waals surface area (Å²) in [4.78, 5) is 11.0. The quantitative estimate of drug-likeness (QED) is 0.726. The Morgan fingerprint density at radius 3 is 2.50 bits per heavy atom. The Kier molecular flexibility index (Phi) is 3.79. The lowest BCUT2D eigenvalue weighted by atomic mass is 10.3. The van der Waals surface area contributed by atoms with Crippen molar-refractivity contribution in [2.75, 3.05) is 13.1 Å². The fraction of sp³-hybridized carbons (Fsp3) is 0.667. The lowest BCUT2D eigenvalue weighted by Crippen LogP contribution is -2.39. The van der Waals surface area contributed by atoms with Crippen molar-refractivity contribution < 1.29 is 22.7 Å². The molecule has 0 aromatic carbocycles. The third-order valence-electron chi connectivity index (χ3n) is 2.18. The summed E-state index contributed by atoms with van der Waals surface area (Å²) >= 11 is 0. The monoisotopic (exact) mass is 238 g/mol. The van der Waals surface area contributed by atoms with Gasteiger partial charge in [0.15, 0.2) is 0 Å². The molecule has 0 spiro atoms. The van der Waals surface area contributed by atoms with E-state index in [1.165, 1.54) is 6.08 Å². The van der Waals surface area contributed by atoms with Gasteiger partial charge >= 0.3 is 12.3 Å². The third-order valence-corrected chi connectivity index (χ3v) is 2.18. The zero-order chi connectivity index (χ0) is 12.2. The lowest BCUT2D eigenvalue weighted by molar-refractivity contribution is -0.217. The number of nitrogens with one attached hydrogen (secondary N) is 1. The third kappa shape index (κ3) is 3.13. The second-order valence-electron chi connectivity index (χ2n) is 3.47. The summed E-state index contributed by atoms with van der Waals surface area (Å²) in [6.45, 7) is 0.410. The zero-order valence-electron chi connectivity index (χ0n) is 8.51. The molecule has 0 unspecified atom stereocenters. The molecule has 0 bridgehead atoms. The number of amides is 1. The van der Waals surface area contributed by atoms with Crippen LogP contribution in [0.3, 0.4) is 0 Å². The van der Waals surface area contributed by atoms with Gasteiger partial charge in [-0.2, -0.15) is 13.2 Å². The van der Waals surface area contributed by atoms with Gasteiger partial charge in [-0.15, -0.1) is 0 Å². The number of hydrogen-bond donors (Lipinski definition) is 2. The number of carbonyl (C=O) groups is 1. The fourth-order valence-electron chi connectivity index (χ4n) is 1.09. The summed E-state index contributed by atoms with van der Waals surface area (Å²) < 4.78 is 41.4. The summed E-state index contributed by atoms with van der Waals surface area (Å²) in [6, 6.07) is 0. The van der Waals surface area contributed by atoms with Gasteiger partial charge in [0.25, 0.3) is 0 Å². The number of ether oxygens (including phenoxy) is 1. The van der Waals surface area contributed by atoms with Gasteiger partial charge < -0.3 is 15.8 Å². The predicted molar refractivity (Wildman–Crippen MR) is 50.7 cm³/mol. The van der Waals surface area contributed by atoms with Crippen LogP contribution in [0.2, 0.25) is 0 Å². The molecule has 1 rings (SSSR count). The van der Waals surface area contributed by atoms with Gasteiger partial charge in [0.2, 0.25) is 5.60 Å². The van der Waals surface area contributed by atoms with Crippen LogP contribution in [0, 0.1) is 0 Å². The molecule has 1 fully saturated rings. The van der Waals surface area contributed by atoms with Gasteiger partial charge in [0, 0.05) is 25.9 Å². The van der Waals surface area contributed by atoms with Crippen molar-refractivity contribution in [3.8, 4) is 0 Å². The van der Waals surface area contributed by atoms with Crippen LogP contribution < -0.4 is 11.1 Å². The minimum absolute atomic E-state index is 0.101. The first-order valence-corrected chi connectivity index (χ1v) is 4.80. The highest BCUT2D eigenvalue weighted by atomic mass is 19.4. The van der Waals surface area contributed by atoms with Crippen molar-refractivity contribution in [1.82, 2.24) is 5.32 Å². The minimum atomic E-state index is -4.49. The SMILES string of the molecule is NCC=CCNC(=O)OC1(C(F)(F)F)CC1. The first-order valence-electron chi connectivity index (χ1n) is 4.80. The number of alkyl halides is 3. The average molecular weight is 238 g/mol. The maximum absolute atomic E-state index is 12.4. The van der Waals surface area contributed by atoms with E-state index < -0.39 is 17.9 Å².